The summed E-state index contributed by atoms with van der Waals surface area (Å²) in [5.41, 5.74) is 9.70. The van der Waals surface area contributed by atoms with Gasteiger partial charge >= 0.3 is 11.9 Å². The largest absolute Gasteiger partial charge is 0.481 e. The normalized spacial score (nSPS) is 8.11. The van der Waals surface area contributed by atoms with Crippen LogP contribution in [0.3, 0.4) is 0 Å². The van der Waals surface area contributed by atoms with Crippen LogP contribution in [-0.4, -0.2) is 45.2 Å². The standard InChI is InChI=1S/C4H4N2.2C3H7NO2/c1-2-6-4-3-5-1;2*4-2-1-3(5)6/h1-4H;2*1-2,4H2,(H,5,6). The Morgan fingerprint density at radius 1 is 0.833 bits per heavy atom. The Morgan fingerprint density at radius 3 is 1.17 bits per heavy atom. The van der Waals surface area contributed by atoms with Crippen molar-refractivity contribution in [3.05, 3.63) is 24.8 Å². The van der Waals surface area contributed by atoms with Crippen LogP contribution in [0.5, 0.6) is 0 Å². The first kappa shape index (κ1) is 18.3. The van der Waals surface area contributed by atoms with E-state index in [0.29, 0.717) is 0 Å². The van der Waals surface area contributed by atoms with Gasteiger partial charge in [0.05, 0.1) is 12.8 Å². The van der Waals surface area contributed by atoms with Crippen molar-refractivity contribution in [3.8, 4) is 0 Å². The summed E-state index contributed by atoms with van der Waals surface area (Å²) in [7, 11) is 0. The lowest BCUT2D eigenvalue weighted by molar-refractivity contribution is -0.137. The molecule has 0 spiro atoms. The summed E-state index contributed by atoms with van der Waals surface area (Å²) in [6.07, 6.45) is 6.69. The lowest BCUT2D eigenvalue weighted by atomic mass is 10.5. The van der Waals surface area contributed by atoms with E-state index < -0.39 is 11.9 Å². The Morgan fingerprint density at radius 2 is 1.11 bits per heavy atom. The molecular formula is C10H18N4O4. The highest BCUT2D eigenvalue weighted by Gasteiger charge is 1.88. The van der Waals surface area contributed by atoms with Crippen LogP contribution < -0.4 is 11.5 Å². The molecular weight excluding hydrogens is 240 g/mol. The van der Waals surface area contributed by atoms with Crippen molar-refractivity contribution in [1.29, 1.82) is 0 Å². The highest BCUT2D eigenvalue weighted by Crippen LogP contribution is 1.68. The van der Waals surface area contributed by atoms with Crippen LogP contribution in [0.1, 0.15) is 12.8 Å². The summed E-state index contributed by atoms with van der Waals surface area (Å²) in [4.78, 5) is 26.5. The van der Waals surface area contributed by atoms with Gasteiger partial charge in [0.15, 0.2) is 0 Å². The van der Waals surface area contributed by atoms with Gasteiger partial charge in [0.2, 0.25) is 0 Å². The second-order valence-corrected chi connectivity index (χ2v) is 2.76. The fraction of sp³-hybridized carbons (Fsp3) is 0.400. The van der Waals surface area contributed by atoms with Crippen molar-refractivity contribution in [3.63, 3.8) is 0 Å². The van der Waals surface area contributed by atoms with E-state index in [2.05, 4.69) is 9.97 Å². The maximum atomic E-state index is 9.52. The highest BCUT2D eigenvalue weighted by molar-refractivity contribution is 5.67. The van der Waals surface area contributed by atoms with Gasteiger partial charge in [0.25, 0.3) is 0 Å². The molecule has 0 amide bonds. The third-order valence-electron chi connectivity index (χ3n) is 1.19. The number of rotatable bonds is 4. The van der Waals surface area contributed by atoms with E-state index in [4.69, 9.17) is 21.7 Å². The predicted molar refractivity (Wildman–Crippen MR) is 64.6 cm³/mol. The number of nitrogens with zero attached hydrogens (tertiary/aromatic N) is 2. The van der Waals surface area contributed by atoms with E-state index in [1.807, 2.05) is 0 Å². The number of aromatic nitrogens is 2. The molecule has 8 nitrogen and oxygen atoms in total. The molecule has 0 saturated heterocycles. The molecule has 1 heterocycles. The minimum Gasteiger partial charge on any atom is -0.481 e. The maximum absolute atomic E-state index is 9.52. The smallest absolute Gasteiger partial charge is 0.304 e. The van der Waals surface area contributed by atoms with Crippen LogP contribution in [0.4, 0.5) is 0 Å². The fourth-order valence-corrected chi connectivity index (χ4v) is 0.500. The first-order valence-corrected chi connectivity index (χ1v) is 5.08. The van der Waals surface area contributed by atoms with E-state index in [9.17, 15) is 9.59 Å². The van der Waals surface area contributed by atoms with Crippen molar-refractivity contribution in [1.82, 2.24) is 9.97 Å². The molecule has 18 heavy (non-hydrogen) atoms. The molecule has 0 unspecified atom stereocenters. The van der Waals surface area contributed by atoms with Crippen molar-refractivity contribution >= 4 is 11.9 Å². The van der Waals surface area contributed by atoms with Gasteiger partial charge in [0, 0.05) is 37.9 Å². The number of carboxylic acids is 2. The summed E-state index contributed by atoms with van der Waals surface area (Å²) in [5, 5.41) is 15.7. The van der Waals surface area contributed by atoms with E-state index in [-0.39, 0.29) is 25.9 Å². The van der Waals surface area contributed by atoms with Crippen molar-refractivity contribution in [2.75, 3.05) is 13.1 Å². The van der Waals surface area contributed by atoms with Crippen molar-refractivity contribution < 1.29 is 19.8 Å². The van der Waals surface area contributed by atoms with Gasteiger partial charge in [-0.05, 0) is 0 Å². The summed E-state index contributed by atoms with van der Waals surface area (Å²) >= 11 is 0. The van der Waals surface area contributed by atoms with Crippen LogP contribution in [0.25, 0.3) is 0 Å². The van der Waals surface area contributed by atoms with Crippen LogP contribution in [0.2, 0.25) is 0 Å². The summed E-state index contributed by atoms with van der Waals surface area (Å²) in [6, 6.07) is 0. The van der Waals surface area contributed by atoms with Crippen LogP contribution in [0, 0.1) is 0 Å². The second kappa shape index (κ2) is 14.9. The van der Waals surface area contributed by atoms with E-state index in [1.54, 1.807) is 24.8 Å². The molecule has 8 heteroatoms. The molecule has 1 rings (SSSR count). The molecule has 0 bridgehead atoms. The Hall–Kier alpha value is -2.06. The number of carbonyl (C=O) groups is 2. The third-order valence-corrected chi connectivity index (χ3v) is 1.19. The average Bonchev–Trinajstić information content (AvgIpc) is 2.32. The molecule has 1 aromatic heterocycles. The average molecular weight is 258 g/mol. The number of hydrogen-bond donors (Lipinski definition) is 4. The zero-order valence-electron chi connectivity index (χ0n) is 9.90. The van der Waals surface area contributed by atoms with E-state index >= 15 is 0 Å². The molecule has 0 aromatic carbocycles. The SMILES string of the molecule is NCCC(=O)O.NCCC(=O)O.c1cnccn1. The molecule has 6 N–H and O–H groups in total. The summed E-state index contributed by atoms with van der Waals surface area (Å²) in [6.45, 7) is 0.463. The van der Waals surface area contributed by atoms with Gasteiger partial charge in [0.1, 0.15) is 0 Å². The minimum absolute atomic E-state index is 0.0694. The number of nitrogens with two attached hydrogens (primary N) is 2. The molecule has 1 aromatic rings. The van der Waals surface area contributed by atoms with Crippen molar-refractivity contribution in [2.24, 2.45) is 11.5 Å². The summed E-state index contributed by atoms with van der Waals surface area (Å²) in [5.74, 6) is -1.67. The Balaban J connectivity index is 0. The van der Waals surface area contributed by atoms with Gasteiger partial charge in [-0.15, -0.1) is 0 Å². The fourth-order valence-electron chi connectivity index (χ4n) is 0.500. The minimum atomic E-state index is -0.836. The predicted octanol–water partition coefficient (Wildman–Crippen LogP) is -0.684. The molecule has 0 radical (unpaired) electrons. The lowest BCUT2D eigenvalue weighted by Gasteiger charge is -1.80. The number of aliphatic carboxylic acids is 2. The van der Waals surface area contributed by atoms with Gasteiger partial charge in [-0.1, -0.05) is 0 Å². The molecule has 102 valence electrons. The first-order valence-electron chi connectivity index (χ1n) is 5.08. The Bertz CT molecular complexity index is 265. The molecule has 0 atom stereocenters. The first-order chi connectivity index (χ1) is 8.54. The molecule has 0 saturated carbocycles. The van der Waals surface area contributed by atoms with Crippen LogP contribution in [0.15, 0.2) is 24.8 Å². The Labute approximate surface area is 105 Å². The highest BCUT2D eigenvalue weighted by atomic mass is 16.4. The second-order valence-electron chi connectivity index (χ2n) is 2.76. The number of carboxylic acid groups (broad SMARTS) is 2. The van der Waals surface area contributed by atoms with E-state index in [0.717, 1.165) is 0 Å². The van der Waals surface area contributed by atoms with Crippen LogP contribution in [-0.2, 0) is 9.59 Å². The van der Waals surface area contributed by atoms with Gasteiger partial charge in [-0.3, -0.25) is 19.6 Å². The van der Waals surface area contributed by atoms with Gasteiger partial charge in [-0.25, -0.2) is 0 Å². The van der Waals surface area contributed by atoms with Gasteiger partial charge in [-0.2, -0.15) is 0 Å². The monoisotopic (exact) mass is 258 g/mol. The maximum Gasteiger partial charge on any atom is 0.304 e. The Kier molecular flexibility index (Phi) is 15.2. The zero-order chi connectivity index (χ0) is 14.2. The van der Waals surface area contributed by atoms with E-state index in [1.165, 1.54) is 0 Å². The van der Waals surface area contributed by atoms with Crippen molar-refractivity contribution in [2.45, 2.75) is 12.8 Å². The quantitative estimate of drug-likeness (QED) is 0.554. The van der Waals surface area contributed by atoms with Crippen LogP contribution >= 0.6 is 0 Å². The molecule has 0 aliphatic carbocycles. The lowest BCUT2D eigenvalue weighted by Crippen LogP contribution is -2.05. The molecule has 0 fully saturated rings. The third kappa shape index (κ3) is 23.6. The molecule has 0 aliphatic heterocycles. The topological polar surface area (TPSA) is 152 Å². The zero-order valence-corrected chi connectivity index (χ0v) is 9.90. The van der Waals surface area contributed by atoms with Gasteiger partial charge < -0.3 is 21.7 Å². The number of hydrogen-bond acceptors (Lipinski definition) is 6. The summed E-state index contributed by atoms with van der Waals surface area (Å²) < 4.78 is 0. The molecule has 0 aliphatic rings.